The number of nitrogens with zero attached hydrogens (tertiary/aromatic N) is 2. The lowest BCUT2D eigenvalue weighted by atomic mass is 9.80. The van der Waals surface area contributed by atoms with E-state index in [0.29, 0.717) is 31.2 Å². The highest BCUT2D eigenvalue weighted by atomic mass is 16.7. The van der Waals surface area contributed by atoms with Gasteiger partial charge in [0.1, 0.15) is 17.7 Å². The summed E-state index contributed by atoms with van der Waals surface area (Å²) in [5.74, 6) is 0.414. The van der Waals surface area contributed by atoms with E-state index in [1.54, 1.807) is 0 Å². The Morgan fingerprint density at radius 2 is 1.96 bits per heavy atom. The third-order valence-electron chi connectivity index (χ3n) is 5.70. The van der Waals surface area contributed by atoms with Crippen molar-refractivity contribution >= 4 is 11.0 Å². The molecule has 27 heavy (non-hydrogen) atoms. The molecule has 6 heteroatoms. The molecule has 144 valence electrons. The Labute approximate surface area is 159 Å². The molecule has 2 aromatic heterocycles. The van der Waals surface area contributed by atoms with E-state index < -0.39 is 5.79 Å². The van der Waals surface area contributed by atoms with Gasteiger partial charge in [-0.1, -0.05) is 44.9 Å². The Morgan fingerprint density at radius 1 is 1.15 bits per heavy atom. The number of benzene rings is 1. The summed E-state index contributed by atoms with van der Waals surface area (Å²) in [6, 6.07) is 9.97. The van der Waals surface area contributed by atoms with Gasteiger partial charge in [0.05, 0.1) is 19.6 Å². The van der Waals surface area contributed by atoms with Crippen molar-refractivity contribution in [1.29, 1.82) is 0 Å². The zero-order valence-corrected chi connectivity index (χ0v) is 16.0. The average molecular weight is 369 g/mol. The maximum Gasteiger partial charge on any atom is 0.235 e. The number of aromatic amines is 1. The molecule has 1 saturated heterocycles. The molecule has 1 N–H and O–H groups in total. The summed E-state index contributed by atoms with van der Waals surface area (Å²) in [6.07, 6.45) is 6.43. The van der Waals surface area contributed by atoms with E-state index in [1.807, 2.05) is 30.3 Å². The van der Waals surface area contributed by atoms with Crippen LogP contribution >= 0.6 is 0 Å². The molecule has 0 spiro atoms. The second-order valence-corrected chi connectivity index (χ2v) is 7.54. The first-order valence-corrected chi connectivity index (χ1v) is 9.80. The number of ether oxygens (including phenoxy) is 2. The largest absolute Gasteiger partial charge is 0.455 e. The lowest BCUT2D eigenvalue weighted by Gasteiger charge is -2.45. The second-order valence-electron chi connectivity index (χ2n) is 7.54. The maximum atomic E-state index is 6.45. The van der Waals surface area contributed by atoms with E-state index in [4.69, 9.17) is 13.9 Å². The highest BCUT2D eigenvalue weighted by molar-refractivity contribution is 5.77. The van der Waals surface area contributed by atoms with Gasteiger partial charge < -0.3 is 13.9 Å². The number of H-pyrrole nitrogens is 1. The number of rotatable bonds is 7. The third kappa shape index (κ3) is 3.51. The van der Waals surface area contributed by atoms with Crippen molar-refractivity contribution in [3.8, 4) is 0 Å². The fourth-order valence-electron chi connectivity index (χ4n) is 3.74. The van der Waals surface area contributed by atoms with Crippen LogP contribution < -0.4 is 0 Å². The number of furan rings is 1. The number of hydrogen-bond acceptors (Lipinski definition) is 5. The zero-order chi connectivity index (χ0) is 18.7. The first kappa shape index (κ1) is 18.2. The van der Waals surface area contributed by atoms with Crippen molar-refractivity contribution in [3.63, 3.8) is 0 Å². The van der Waals surface area contributed by atoms with Crippen LogP contribution in [0.4, 0.5) is 0 Å². The molecule has 1 aliphatic heterocycles. The highest BCUT2D eigenvalue weighted by Crippen LogP contribution is 2.43. The van der Waals surface area contributed by atoms with Gasteiger partial charge in [-0.15, -0.1) is 0 Å². The molecule has 3 heterocycles. The summed E-state index contributed by atoms with van der Waals surface area (Å²) in [6.45, 7) is 5.73. The van der Waals surface area contributed by atoms with Crippen molar-refractivity contribution in [1.82, 2.24) is 15.2 Å². The summed E-state index contributed by atoms with van der Waals surface area (Å²) in [7, 11) is 0. The molecule has 0 saturated carbocycles. The van der Waals surface area contributed by atoms with Crippen LogP contribution in [0.25, 0.3) is 11.0 Å². The number of nitrogens with one attached hydrogen (secondary N) is 1. The SMILES string of the molecule is CCCCC1(CC)COC(Cc2ncn[nH]2)(c2cc3ccccc3o2)OC1. The van der Waals surface area contributed by atoms with Crippen molar-refractivity contribution in [2.45, 2.75) is 51.7 Å². The van der Waals surface area contributed by atoms with Crippen LogP contribution in [-0.4, -0.2) is 28.4 Å². The Kier molecular flexibility index (Phi) is 5.02. The molecule has 1 aromatic carbocycles. The molecule has 1 fully saturated rings. The fourth-order valence-corrected chi connectivity index (χ4v) is 3.74. The molecule has 1 aliphatic rings. The molecule has 0 aliphatic carbocycles. The van der Waals surface area contributed by atoms with E-state index in [2.05, 4.69) is 29.0 Å². The van der Waals surface area contributed by atoms with Gasteiger partial charge in [-0.2, -0.15) is 5.10 Å². The van der Waals surface area contributed by atoms with Crippen LogP contribution in [0.3, 0.4) is 0 Å². The molecule has 0 bridgehead atoms. The van der Waals surface area contributed by atoms with Gasteiger partial charge in [-0.3, -0.25) is 5.10 Å². The van der Waals surface area contributed by atoms with Gasteiger partial charge in [0.25, 0.3) is 0 Å². The monoisotopic (exact) mass is 369 g/mol. The third-order valence-corrected chi connectivity index (χ3v) is 5.70. The lowest BCUT2D eigenvalue weighted by molar-refractivity contribution is -0.321. The molecule has 3 aromatic rings. The Balaban J connectivity index is 1.66. The minimum Gasteiger partial charge on any atom is -0.455 e. The smallest absolute Gasteiger partial charge is 0.235 e. The minimum atomic E-state index is -0.983. The molecule has 4 rings (SSSR count). The van der Waals surface area contributed by atoms with Crippen LogP contribution in [0.2, 0.25) is 0 Å². The van der Waals surface area contributed by atoms with Crippen LogP contribution in [0.15, 0.2) is 41.1 Å². The van der Waals surface area contributed by atoms with E-state index in [0.717, 1.165) is 23.8 Å². The predicted molar refractivity (Wildman–Crippen MR) is 102 cm³/mol. The number of hydrogen-bond donors (Lipinski definition) is 1. The molecular weight excluding hydrogens is 342 g/mol. The van der Waals surface area contributed by atoms with E-state index in [1.165, 1.54) is 19.2 Å². The second kappa shape index (κ2) is 7.44. The summed E-state index contributed by atoms with van der Waals surface area (Å²) in [5, 5.41) is 7.92. The maximum absolute atomic E-state index is 6.45. The summed E-state index contributed by atoms with van der Waals surface area (Å²) < 4.78 is 19.0. The Bertz CT molecular complexity index is 831. The van der Waals surface area contributed by atoms with E-state index in [-0.39, 0.29) is 5.41 Å². The highest BCUT2D eigenvalue weighted by Gasteiger charge is 2.47. The minimum absolute atomic E-state index is 0.0624. The van der Waals surface area contributed by atoms with E-state index >= 15 is 0 Å². The molecule has 0 radical (unpaired) electrons. The number of aromatic nitrogens is 3. The number of unbranched alkanes of at least 4 members (excludes halogenated alkanes) is 1. The van der Waals surface area contributed by atoms with Gasteiger partial charge in [0.15, 0.2) is 5.76 Å². The van der Waals surface area contributed by atoms with Crippen molar-refractivity contribution in [2.24, 2.45) is 5.41 Å². The van der Waals surface area contributed by atoms with Gasteiger partial charge in [0.2, 0.25) is 5.79 Å². The molecule has 0 unspecified atom stereocenters. The molecular formula is C21H27N3O3. The van der Waals surface area contributed by atoms with Crippen molar-refractivity contribution < 1.29 is 13.9 Å². The van der Waals surface area contributed by atoms with Gasteiger partial charge in [0, 0.05) is 10.8 Å². The summed E-state index contributed by atoms with van der Waals surface area (Å²) in [4.78, 5) is 4.27. The fraction of sp³-hybridized carbons (Fsp3) is 0.524. The van der Waals surface area contributed by atoms with Crippen molar-refractivity contribution in [2.75, 3.05) is 13.2 Å². The van der Waals surface area contributed by atoms with Crippen molar-refractivity contribution in [3.05, 3.63) is 48.2 Å². The lowest BCUT2D eigenvalue weighted by Crippen LogP contribution is -2.49. The standard InChI is InChI=1S/C21H27N3O3/c1-3-5-10-20(4-2)13-25-21(26-14-20,12-19-22-15-23-24-19)18-11-16-8-6-7-9-17(16)27-18/h6-9,11,15H,3-5,10,12-14H2,1-2H3,(H,22,23,24). The quantitative estimate of drug-likeness (QED) is 0.660. The van der Waals surface area contributed by atoms with E-state index in [9.17, 15) is 0 Å². The summed E-state index contributed by atoms with van der Waals surface area (Å²) in [5.41, 5.74) is 0.891. The van der Waals surface area contributed by atoms with Gasteiger partial charge in [-0.25, -0.2) is 4.98 Å². The predicted octanol–water partition coefficient (Wildman–Crippen LogP) is 4.58. The summed E-state index contributed by atoms with van der Waals surface area (Å²) >= 11 is 0. The van der Waals surface area contributed by atoms with Crippen LogP contribution in [0.5, 0.6) is 0 Å². The van der Waals surface area contributed by atoms with Crippen LogP contribution in [-0.2, 0) is 21.7 Å². The first-order valence-electron chi connectivity index (χ1n) is 9.80. The van der Waals surface area contributed by atoms with Crippen LogP contribution in [0.1, 0.15) is 51.1 Å². The molecule has 6 nitrogen and oxygen atoms in total. The topological polar surface area (TPSA) is 73.2 Å². The first-order chi connectivity index (χ1) is 13.2. The van der Waals surface area contributed by atoms with Crippen LogP contribution in [0, 0.1) is 5.41 Å². The number of para-hydroxylation sites is 1. The number of fused-ring (bicyclic) bond motifs is 1. The Hall–Kier alpha value is -2.18. The molecule has 0 amide bonds. The normalized spacial score (nSPS) is 25.9. The molecule has 0 atom stereocenters. The Morgan fingerprint density at radius 3 is 2.63 bits per heavy atom. The van der Waals surface area contributed by atoms with Gasteiger partial charge in [-0.05, 0) is 25.0 Å². The zero-order valence-electron chi connectivity index (χ0n) is 16.0. The van der Waals surface area contributed by atoms with Gasteiger partial charge >= 0.3 is 0 Å². The average Bonchev–Trinajstić information content (AvgIpc) is 3.37.